The van der Waals surface area contributed by atoms with Crippen molar-refractivity contribution in [3.05, 3.63) is 52.8 Å². The number of carbonyl (C=O) groups is 1. The summed E-state index contributed by atoms with van der Waals surface area (Å²) in [5, 5.41) is 18.3. The smallest absolute Gasteiger partial charge is 0.339 e. The van der Waals surface area contributed by atoms with Gasteiger partial charge in [0.15, 0.2) is 11.4 Å². The quantitative estimate of drug-likeness (QED) is 0.930. The Balaban J connectivity index is 2.46. The van der Waals surface area contributed by atoms with Gasteiger partial charge in [0.1, 0.15) is 17.4 Å². The van der Waals surface area contributed by atoms with Gasteiger partial charge in [-0.3, -0.25) is 0 Å². The van der Waals surface area contributed by atoms with Gasteiger partial charge in [0, 0.05) is 17.3 Å². The van der Waals surface area contributed by atoms with Gasteiger partial charge in [-0.1, -0.05) is 11.6 Å². The van der Waals surface area contributed by atoms with Gasteiger partial charge in [-0.25, -0.2) is 9.78 Å². The van der Waals surface area contributed by atoms with E-state index >= 15 is 0 Å². The molecule has 1 heterocycles. The van der Waals surface area contributed by atoms with Crippen LogP contribution in [0.1, 0.15) is 16.1 Å². The van der Waals surface area contributed by atoms with Crippen LogP contribution in [-0.4, -0.2) is 16.1 Å². The topological polar surface area (TPSA) is 83.2 Å². The van der Waals surface area contributed by atoms with E-state index in [-0.39, 0.29) is 22.8 Å². The number of rotatable bonds is 3. The van der Waals surface area contributed by atoms with Crippen LogP contribution >= 0.6 is 11.6 Å². The minimum Gasteiger partial charge on any atom is -0.478 e. The lowest BCUT2D eigenvalue weighted by Gasteiger charge is -2.09. The molecule has 94 valence electrons. The van der Waals surface area contributed by atoms with E-state index in [1.807, 2.05) is 6.07 Å². The van der Waals surface area contributed by atoms with E-state index in [2.05, 4.69) is 4.98 Å². The second-order valence-corrected chi connectivity index (χ2v) is 3.95. The van der Waals surface area contributed by atoms with Crippen LogP contribution in [0.5, 0.6) is 11.5 Å². The van der Waals surface area contributed by atoms with Gasteiger partial charge in [0.25, 0.3) is 0 Å². The Morgan fingerprint density at radius 1 is 1.37 bits per heavy atom. The van der Waals surface area contributed by atoms with Gasteiger partial charge in [0.05, 0.1) is 0 Å². The lowest BCUT2D eigenvalue weighted by molar-refractivity contribution is 0.0694. The molecule has 2 aromatic rings. The molecule has 0 aliphatic heterocycles. The molecular weight excluding hydrogens is 268 g/mol. The zero-order valence-corrected chi connectivity index (χ0v) is 10.3. The van der Waals surface area contributed by atoms with Gasteiger partial charge >= 0.3 is 5.97 Å². The van der Waals surface area contributed by atoms with E-state index in [0.717, 1.165) is 0 Å². The molecular formula is C13H7ClN2O3. The van der Waals surface area contributed by atoms with Gasteiger partial charge in [-0.15, -0.1) is 0 Å². The van der Waals surface area contributed by atoms with Crippen LogP contribution in [0.4, 0.5) is 0 Å². The summed E-state index contributed by atoms with van der Waals surface area (Å²) in [7, 11) is 0. The van der Waals surface area contributed by atoms with Crippen LogP contribution in [0, 0.1) is 11.3 Å². The number of ether oxygens (including phenoxy) is 1. The predicted molar refractivity (Wildman–Crippen MR) is 67.4 cm³/mol. The second kappa shape index (κ2) is 5.38. The van der Waals surface area contributed by atoms with Gasteiger partial charge in [-0.05, 0) is 24.3 Å². The van der Waals surface area contributed by atoms with Crippen LogP contribution in [0.3, 0.4) is 0 Å². The van der Waals surface area contributed by atoms with Crippen molar-refractivity contribution in [3.8, 4) is 17.6 Å². The molecule has 0 saturated carbocycles. The van der Waals surface area contributed by atoms with E-state index in [9.17, 15) is 4.79 Å². The summed E-state index contributed by atoms with van der Waals surface area (Å²) in [4.78, 5) is 14.9. The first-order valence-electron chi connectivity index (χ1n) is 5.17. The molecule has 0 amide bonds. The maximum Gasteiger partial charge on any atom is 0.339 e. The number of pyridine rings is 1. The van der Waals surface area contributed by atoms with Crippen LogP contribution in [0.15, 0.2) is 36.5 Å². The van der Waals surface area contributed by atoms with Crippen molar-refractivity contribution in [3.63, 3.8) is 0 Å². The summed E-state index contributed by atoms with van der Waals surface area (Å²) < 4.78 is 5.42. The molecule has 5 nitrogen and oxygen atoms in total. The van der Waals surface area contributed by atoms with E-state index < -0.39 is 5.97 Å². The van der Waals surface area contributed by atoms with E-state index in [1.165, 1.54) is 30.5 Å². The van der Waals surface area contributed by atoms with Gasteiger partial charge in [-0.2, -0.15) is 5.26 Å². The maximum atomic E-state index is 11.1. The lowest BCUT2D eigenvalue weighted by atomic mass is 10.2. The van der Waals surface area contributed by atoms with E-state index in [1.54, 1.807) is 6.07 Å². The fourth-order valence-electron chi connectivity index (χ4n) is 1.43. The predicted octanol–water partition coefficient (Wildman–Crippen LogP) is 3.10. The SMILES string of the molecule is N#Cc1ncccc1Oc1cc(Cl)ccc1C(=O)O. The summed E-state index contributed by atoms with van der Waals surface area (Å²) in [6.07, 6.45) is 1.45. The molecule has 0 radical (unpaired) electrons. The van der Waals surface area contributed by atoms with Crippen molar-refractivity contribution in [2.75, 3.05) is 0 Å². The number of aromatic nitrogens is 1. The zero-order valence-electron chi connectivity index (χ0n) is 9.50. The number of benzene rings is 1. The third-order valence-corrected chi connectivity index (χ3v) is 2.51. The molecule has 0 spiro atoms. The molecule has 6 heteroatoms. The highest BCUT2D eigenvalue weighted by atomic mass is 35.5. The highest BCUT2D eigenvalue weighted by Crippen LogP contribution is 2.29. The standard InChI is InChI=1S/C13H7ClN2O3/c14-8-3-4-9(13(17)18)12(6-8)19-11-2-1-5-16-10(11)7-15/h1-6H,(H,17,18). The van der Waals surface area contributed by atoms with E-state index in [4.69, 9.17) is 26.7 Å². The number of carboxylic acid groups (broad SMARTS) is 1. The largest absolute Gasteiger partial charge is 0.478 e. The highest BCUT2D eigenvalue weighted by molar-refractivity contribution is 6.30. The number of nitriles is 1. The monoisotopic (exact) mass is 274 g/mol. The van der Waals surface area contributed by atoms with Crippen molar-refractivity contribution < 1.29 is 14.6 Å². The molecule has 19 heavy (non-hydrogen) atoms. The third kappa shape index (κ3) is 2.81. The van der Waals surface area contributed by atoms with Crippen molar-refractivity contribution in [2.24, 2.45) is 0 Å². The molecule has 0 saturated heterocycles. The number of nitrogens with zero attached hydrogens (tertiary/aromatic N) is 2. The van der Waals surface area contributed by atoms with Crippen molar-refractivity contribution in [1.29, 1.82) is 5.26 Å². The fraction of sp³-hybridized carbons (Fsp3) is 0. The molecule has 0 aliphatic carbocycles. The fourth-order valence-corrected chi connectivity index (χ4v) is 1.59. The van der Waals surface area contributed by atoms with Crippen molar-refractivity contribution in [1.82, 2.24) is 4.98 Å². The number of hydrogen-bond acceptors (Lipinski definition) is 4. The summed E-state index contributed by atoms with van der Waals surface area (Å²) in [5.74, 6) is -0.909. The minimum absolute atomic E-state index is 0.0443. The molecule has 0 aliphatic rings. The number of hydrogen-bond donors (Lipinski definition) is 1. The number of carboxylic acids is 1. The summed E-state index contributed by atoms with van der Waals surface area (Å²) in [6.45, 7) is 0. The summed E-state index contributed by atoms with van der Waals surface area (Å²) in [6, 6.07) is 9.13. The van der Waals surface area contributed by atoms with Crippen LogP contribution < -0.4 is 4.74 Å². The average molecular weight is 275 g/mol. The van der Waals surface area contributed by atoms with Crippen LogP contribution in [0.2, 0.25) is 5.02 Å². The van der Waals surface area contributed by atoms with Crippen LogP contribution in [0.25, 0.3) is 0 Å². The Morgan fingerprint density at radius 2 is 2.16 bits per heavy atom. The molecule has 2 rings (SSSR count). The normalized spacial score (nSPS) is 9.68. The first-order chi connectivity index (χ1) is 9.11. The molecule has 0 atom stereocenters. The Hall–Kier alpha value is -2.58. The average Bonchev–Trinajstić information content (AvgIpc) is 2.39. The second-order valence-electron chi connectivity index (χ2n) is 3.51. The summed E-state index contributed by atoms with van der Waals surface area (Å²) in [5.41, 5.74) is 0.0240. The molecule has 1 aromatic carbocycles. The first-order valence-corrected chi connectivity index (χ1v) is 5.55. The number of aromatic carboxylic acids is 1. The van der Waals surface area contributed by atoms with Gasteiger partial charge in [0.2, 0.25) is 0 Å². The van der Waals surface area contributed by atoms with E-state index in [0.29, 0.717) is 5.02 Å². The molecule has 0 unspecified atom stereocenters. The third-order valence-electron chi connectivity index (χ3n) is 2.27. The molecule has 1 aromatic heterocycles. The molecule has 0 fully saturated rings. The molecule has 1 N–H and O–H groups in total. The Kier molecular flexibility index (Phi) is 3.64. The highest BCUT2D eigenvalue weighted by Gasteiger charge is 2.14. The van der Waals surface area contributed by atoms with Crippen molar-refractivity contribution in [2.45, 2.75) is 0 Å². The first kappa shape index (κ1) is 12.9. The summed E-state index contributed by atoms with van der Waals surface area (Å²) >= 11 is 5.81. The van der Waals surface area contributed by atoms with Crippen LogP contribution in [-0.2, 0) is 0 Å². The Bertz CT molecular complexity index is 680. The Labute approximate surface area is 113 Å². The number of halogens is 1. The van der Waals surface area contributed by atoms with Gasteiger partial charge < -0.3 is 9.84 Å². The maximum absolute atomic E-state index is 11.1. The zero-order chi connectivity index (χ0) is 13.8. The molecule has 0 bridgehead atoms. The minimum atomic E-state index is -1.14. The Morgan fingerprint density at radius 3 is 2.84 bits per heavy atom. The van der Waals surface area contributed by atoms with Crippen molar-refractivity contribution >= 4 is 17.6 Å². The lowest BCUT2D eigenvalue weighted by Crippen LogP contribution is -2.01.